The molecule has 2 aliphatic rings. The van der Waals surface area contributed by atoms with Crippen LogP contribution in [0.4, 0.5) is 0 Å². The highest BCUT2D eigenvalue weighted by Gasteiger charge is 2.34. The molecule has 0 heterocycles. The molecule has 0 saturated heterocycles. The highest BCUT2D eigenvalue weighted by Crippen LogP contribution is 2.53. The summed E-state index contributed by atoms with van der Waals surface area (Å²) in [6, 6.07) is 0. The van der Waals surface area contributed by atoms with Crippen LogP contribution in [0.5, 0.6) is 0 Å². The molecule has 0 aliphatic heterocycles. The first-order valence-electron chi connectivity index (χ1n) is 8.03. The van der Waals surface area contributed by atoms with Crippen LogP contribution in [0.15, 0.2) is 0 Å². The minimum absolute atomic E-state index is 0.0116. The number of hydrogen-bond acceptors (Lipinski definition) is 4. The molecule has 0 atom stereocenters. The molecule has 0 spiro atoms. The zero-order chi connectivity index (χ0) is 14.4. The predicted octanol–water partition coefficient (Wildman–Crippen LogP) is 4.47. The van der Waals surface area contributed by atoms with Crippen molar-refractivity contribution in [2.24, 2.45) is 0 Å². The summed E-state index contributed by atoms with van der Waals surface area (Å²) in [6.07, 6.45) is 10.6. The zero-order valence-electron chi connectivity index (χ0n) is 12.5. The molecule has 0 unspecified atom stereocenters. The first kappa shape index (κ1) is 16.2. The fraction of sp³-hybridized carbons (Fsp3) is 0.933. The Morgan fingerprint density at radius 3 is 1.65 bits per heavy atom. The minimum Gasteiger partial charge on any atom is -0.305 e. The van der Waals surface area contributed by atoms with Gasteiger partial charge >= 0.3 is 7.60 Å². The molecule has 2 aliphatic carbocycles. The molecular formula is C15H27O4P. The van der Waals surface area contributed by atoms with E-state index in [0.717, 1.165) is 51.4 Å². The lowest BCUT2D eigenvalue weighted by molar-refractivity contribution is -0.115. The van der Waals surface area contributed by atoms with Crippen molar-refractivity contribution in [3.05, 3.63) is 0 Å². The molecule has 5 heteroatoms. The number of carbonyl (C=O) groups is 1. The van der Waals surface area contributed by atoms with Gasteiger partial charge in [-0.2, -0.15) is 0 Å². The van der Waals surface area contributed by atoms with E-state index < -0.39 is 7.60 Å². The van der Waals surface area contributed by atoms with Crippen molar-refractivity contribution in [2.45, 2.75) is 83.3 Å². The monoisotopic (exact) mass is 302 g/mol. The highest BCUT2D eigenvalue weighted by molar-refractivity contribution is 7.54. The second-order valence-electron chi connectivity index (χ2n) is 6.20. The molecule has 4 nitrogen and oxygen atoms in total. The molecule has 0 radical (unpaired) electrons. The maximum absolute atomic E-state index is 12.9. The average Bonchev–Trinajstić information content (AvgIpc) is 2.39. The third kappa shape index (κ3) is 5.31. The fourth-order valence-corrected chi connectivity index (χ4v) is 5.24. The summed E-state index contributed by atoms with van der Waals surface area (Å²) in [6.45, 7) is 1.46. The largest absolute Gasteiger partial charge is 0.338 e. The molecule has 0 bridgehead atoms. The van der Waals surface area contributed by atoms with E-state index in [1.54, 1.807) is 0 Å². The molecule has 2 saturated carbocycles. The van der Waals surface area contributed by atoms with Crippen molar-refractivity contribution in [1.29, 1.82) is 0 Å². The Kier molecular flexibility index (Phi) is 6.25. The van der Waals surface area contributed by atoms with Gasteiger partial charge in [-0.25, -0.2) is 0 Å². The molecule has 0 aromatic carbocycles. The molecule has 0 aromatic heterocycles. The molecule has 116 valence electrons. The van der Waals surface area contributed by atoms with Gasteiger partial charge in [0, 0.05) is 0 Å². The van der Waals surface area contributed by atoms with E-state index in [-0.39, 0.29) is 24.2 Å². The Morgan fingerprint density at radius 2 is 1.30 bits per heavy atom. The van der Waals surface area contributed by atoms with Crippen LogP contribution in [-0.4, -0.2) is 24.2 Å². The lowest BCUT2D eigenvalue weighted by Gasteiger charge is -2.30. The van der Waals surface area contributed by atoms with Crippen molar-refractivity contribution < 1.29 is 18.4 Å². The summed E-state index contributed by atoms with van der Waals surface area (Å²) in [7, 11) is -3.26. The van der Waals surface area contributed by atoms with Crippen LogP contribution < -0.4 is 0 Å². The first-order valence-corrected chi connectivity index (χ1v) is 9.75. The summed E-state index contributed by atoms with van der Waals surface area (Å²) in [4.78, 5) is 11.4. The molecule has 2 fully saturated rings. The van der Waals surface area contributed by atoms with E-state index in [1.165, 1.54) is 19.8 Å². The van der Waals surface area contributed by atoms with Crippen molar-refractivity contribution in [3.8, 4) is 0 Å². The van der Waals surface area contributed by atoms with Gasteiger partial charge < -0.3 is 9.05 Å². The van der Waals surface area contributed by atoms with Crippen molar-refractivity contribution in [1.82, 2.24) is 0 Å². The maximum Gasteiger partial charge on any atom is 0.338 e. The van der Waals surface area contributed by atoms with Gasteiger partial charge in [0.2, 0.25) is 0 Å². The minimum atomic E-state index is -3.26. The quantitative estimate of drug-likeness (QED) is 0.679. The number of hydrogen-bond donors (Lipinski definition) is 0. The lowest BCUT2D eigenvalue weighted by atomic mass is 9.98. The van der Waals surface area contributed by atoms with E-state index in [4.69, 9.17) is 9.05 Å². The van der Waals surface area contributed by atoms with Crippen molar-refractivity contribution >= 4 is 13.4 Å². The molecule has 0 N–H and O–H groups in total. The third-order valence-electron chi connectivity index (χ3n) is 4.14. The van der Waals surface area contributed by atoms with E-state index in [0.29, 0.717) is 0 Å². The third-order valence-corrected chi connectivity index (χ3v) is 6.21. The van der Waals surface area contributed by atoms with Crippen molar-refractivity contribution in [2.75, 3.05) is 6.16 Å². The van der Waals surface area contributed by atoms with E-state index in [2.05, 4.69) is 0 Å². The fourth-order valence-electron chi connectivity index (χ4n) is 3.17. The lowest BCUT2D eigenvalue weighted by Crippen LogP contribution is -2.22. The second-order valence-corrected chi connectivity index (χ2v) is 8.16. The Balaban J connectivity index is 1.95. The van der Waals surface area contributed by atoms with Crippen LogP contribution in [0, 0.1) is 0 Å². The highest BCUT2D eigenvalue weighted by atomic mass is 31.2. The van der Waals surface area contributed by atoms with Gasteiger partial charge in [-0.3, -0.25) is 9.36 Å². The number of carbonyl (C=O) groups excluding carboxylic acids is 1. The van der Waals surface area contributed by atoms with Gasteiger partial charge in [0.1, 0.15) is 11.9 Å². The topological polar surface area (TPSA) is 52.6 Å². The average molecular weight is 302 g/mol. The summed E-state index contributed by atoms with van der Waals surface area (Å²) >= 11 is 0. The molecule has 20 heavy (non-hydrogen) atoms. The van der Waals surface area contributed by atoms with E-state index in [1.807, 2.05) is 0 Å². The Bertz CT molecular complexity index is 333. The Morgan fingerprint density at radius 1 is 0.900 bits per heavy atom. The van der Waals surface area contributed by atoms with Crippen LogP contribution in [0.2, 0.25) is 0 Å². The van der Waals surface area contributed by atoms with Gasteiger partial charge in [-0.1, -0.05) is 38.5 Å². The number of Topliss-reactive ketones (excluding diaryl/α,β-unsaturated/α-hetero) is 1. The molecule has 0 amide bonds. The second kappa shape index (κ2) is 7.72. The summed E-state index contributed by atoms with van der Waals surface area (Å²) in [5, 5.41) is 0. The first-order chi connectivity index (χ1) is 9.57. The molecular weight excluding hydrogens is 275 g/mol. The SMILES string of the molecule is CC(=O)CP(=O)(OC1CCCCC1)OC1CCCCC1. The molecule has 0 aromatic rings. The van der Waals surface area contributed by atoms with Crippen LogP contribution >= 0.6 is 7.60 Å². The van der Waals surface area contributed by atoms with Gasteiger partial charge in [-0.05, 0) is 32.6 Å². The predicted molar refractivity (Wildman–Crippen MR) is 79.1 cm³/mol. The van der Waals surface area contributed by atoms with Gasteiger partial charge in [-0.15, -0.1) is 0 Å². The van der Waals surface area contributed by atoms with Crippen LogP contribution in [-0.2, 0) is 18.4 Å². The van der Waals surface area contributed by atoms with Crippen molar-refractivity contribution in [3.63, 3.8) is 0 Å². The molecule has 2 rings (SSSR count). The summed E-state index contributed by atoms with van der Waals surface area (Å²) in [5.74, 6) is -0.111. The van der Waals surface area contributed by atoms with Gasteiger partial charge in [0.25, 0.3) is 0 Å². The van der Waals surface area contributed by atoms with Gasteiger partial charge in [0.15, 0.2) is 0 Å². The Hall–Kier alpha value is -0.180. The van der Waals surface area contributed by atoms with E-state index >= 15 is 0 Å². The standard InChI is InChI=1S/C15H27O4P/c1-13(16)12-20(17,18-14-8-4-2-5-9-14)19-15-10-6-3-7-11-15/h14-15H,2-12H2,1H3. The van der Waals surface area contributed by atoms with Crippen LogP contribution in [0.3, 0.4) is 0 Å². The Labute approximate surface area is 122 Å². The number of ketones is 1. The number of rotatable bonds is 6. The normalized spacial score (nSPS) is 22.9. The summed E-state index contributed by atoms with van der Waals surface area (Å²) in [5.41, 5.74) is 0. The van der Waals surface area contributed by atoms with Gasteiger partial charge in [0.05, 0.1) is 12.2 Å². The zero-order valence-corrected chi connectivity index (χ0v) is 13.4. The summed E-state index contributed by atoms with van der Waals surface area (Å²) < 4.78 is 24.5. The maximum atomic E-state index is 12.9. The van der Waals surface area contributed by atoms with Crippen LogP contribution in [0.1, 0.15) is 71.1 Å². The van der Waals surface area contributed by atoms with E-state index in [9.17, 15) is 9.36 Å². The smallest absolute Gasteiger partial charge is 0.305 e. The van der Waals surface area contributed by atoms with Crippen LogP contribution in [0.25, 0.3) is 0 Å².